The molecular formula is C17H32O4. The van der Waals surface area contributed by atoms with Crippen LogP contribution in [0.4, 0.5) is 0 Å². The van der Waals surface area contributed by atoms with E-state index >= 15 is 0 Å². The van der Waals surface area contributed by atoms with Crippen molar-refractivity contribution in [3.63, 3.8) is 0 Å². The van der Waals surface area contributed by atoms with E-state index in [1.807, 2.05) is 0 Å². The van der Waals surface area contributed by atoms with Crippen LogP contribution in [0.25, 0.3) is 0 Å². The van der Waals surface area contributed by atoms with Crippen molar-refractivity contribution in [2.45, 2.75) is 70.0 Å². The maximum atomic E-state index is 6.15. The summed E-state index contributed by atoms with van der Waals surface area (Å²) < 4.78 is 23.2. The first-order valence-electron chi connectivity index (χ1n) is 8.85. The van der Waals surface area contributed by atoms with Crippen LogP contribution < -0.4 is 0 Å². The molecule has 2 aliphatic heterocycles. The molecule has 124 valence electrons. The minimum atomic E-state index is 0.0645. The zero-order valence-electron chi connectivity index (χ0n) is 13.4. The summed E-state index contributed by atoms with van der Waals surface area (Å²) in [6.07, 6.45) is 11.9. The van der Waals surface area contributed by atoms with Crippen LogP contribution >= 0.6 is 0 Å². The zero-order valence-corrected chi connectivity index (χ0v) is 13.4. The summed E-state index contributed by atoms with van der Waals surface area (Å²) in [6, 6.07) is 0. The van der Waals surface area contributed by atoms with Gasteiger partial charge >= 0.3 is 0 Å². The highest BCUT2D eigenvalue weighted by Gasteiger charge is 2.24. The molecule has 21 heavy (non-hydrogen) atoms. The smallest absolute Gasteiger partial charge is 0.107 e. The van der Waals surface area contributed by atoms with Gasteiger partial charge in [-0.15, -0.1) is 0 Å². The molecule has 0 aliphatic carbocycles. The van der Waals surface area contributed by atoms with Crippen LogP contribution in [0, 0.1) is 0 Å². The van der Waals surface area contributed by atoms with Crippen LogP contribution in [-0.4, -0.2) is 51.8 Å². The Morgan fingerprint density at radius 2 is 1.10 bits per heavy atom. The van der Waals surface area contributed by atoms with Gasteiger partial charge < -0.3 is 18.9 Å². The van der Waals surface area contributed by atoms with Gasteiger partial charge in [-0.1, -0.05) is 44.9 Å². The maximum Gasteiger partial charge on any atom is 0.107 e. The Balaban J connectivity index is 1.81. The third-order valence-electron chi connectivity index (χ3n) is 4.34. The number of rotatable bonds is 1. The van der Waals surface area contributed by atoms with Gasteiger partial charge in [0.1, 0.15) is 6.10 Å². The second-order valence-electron chi connectivity index (χ2n) is 6.12. The Labute approximate surface area is 129 Å². The fourth-order valence-electron chi connectivity index (χ4n) is 3.06. The lowest BCUT2D eigenvalue weighted by Crippen LogP contribution is -2.36. The molecular weight excluding hydrogens is 268 g/mol. The molecule has 2 atom stereocenters. The molecule has 0 saturated carbocycles. The summed E-state index contributed by atoms with van der Waals surface area (Å²) in [7, 11) is 0. The van der Waals surface area contributed by atoms with E-state index in [1.54, 1.807) is 0 Å². The molecule has 2 fully saturated rings. The summed E-state index contributed by atoms with van der Waals surface area (Å²) in [5, 5.41) is 0. The van der Waals surface area contributed by atoms with E-state index in [-0.39, 0.29) is 12.2 Å². The molecule has 2 heterocycles. The Morgan fingerprint density at radius 1 is 0.476 bits per heavy atom. The second kappa shape index (κ2) is 11.4. The van der Waals surface area contributed by atoms with E-state index in [0.29, 0.717) is 33.0 Å². The largest absolute Gasteiger partial charge is 0.377 e. The van der Waals surface area contributed by atoms with Crippen molar-refractivity contribution in [3.05, 3.63) is 0 Å². The molecule has 2 rings (SSSR count). The van der Waals surface area contributed by atoms with Gasteiger partial charge in [0.2, 0.25) is 0 Å². The van der Waals surface area contributed by atoms with Crippen LogP contribution in [0.3, 0.4) is 0 Å². The van der Waals surface area contributed by atoms with Crippen molar-refractivity contribution in [2.24, 2.45) is 0 Å². The molecule has 0 N–H and O–H groups in total. The van der Waals surface area contributed by atoms with Crippen molar-refractivity contribution in [1.29, 1.82) is 0 Å². The fraction of sp³-hybridized carbons (Fsp3) is 1.00. The third-order valence-corrected chi connectivity index (χ3v) is 4.34. The predicted molar refractivity (Wildman–Crippen MR) is 82.7 cm³/mol. The molecule has 0 radical (unpaired) electrons. The van der Waals surface area contributed by atoms with Gasteiger partial charge in [0, 0.05) is 6.61 Å². The number of hydrogen-bond acceptors (Lipinski definition) is 4. The van der Waals surface area contributed by atoms with Crippen molar-refractivity contribution in [3.8, 4) is 0 Å². The SMILES string of the molecule is C1CCCCCC(C2COCCOCCO2)OCCCC1. The van der Waals surface area contributed by atoms with E-state index in [2.05, 4.69) is 0 Å². The number of ether oxygens (including phenoxy) is 4. The molecule has 2 unspecified atom stereocenters. The van der Waals surface area contributed by atoms with Crippen LogP contribution in [0.5, 0.6) is 0 Å². The molecule has 0 bridgehead atoms. The normalized spacial score (nSPS) is 32.0. The Kier molecular flexibility index (Phi) is 9.35. The monoisotopic (exact) mass is 300 g/mol. The van der Waals surface area contributed by atoms with Crippen LogP contribution in [-0.2, 0) is 18.9 Å². The highest BCUT2D eigenvalue weighted by molar-refractivity contribution is 4.72. The van der Waals surface area contributed by atoms with Crippen LogP contribution in [0.1, 0.15) is 57.8 Å². The first-order valence-corrected chi connectivity index (χ1v) is 8.85. The van der Waals surface area contributed by atoms with Gasteiger partial charge in [-0.2, -0.15) is 0 Å². The molecule has 4 heteroatoms. The van der Waals surface area contributed by atoms with E-state index in [4.69, 9.17) is 18.9 Å². The second-order valence-corrected chi connectivity index (χ2v) is 6.12. The number of hydrogen-bond donors (Lipinski definition) is 0. The minimum Gasteiger partial charge on any atom is -0.377 e. The Morgan fingerprint density at radius 3 is 1.95 bits per heavy atom. The average Bonchev–Trinajstić information content (AvgIpc) is 2.62. The lowest BCUT2D eigenvalue weighted by atomic mass is 10.0. The summed E-state index contributed by atoms with van der Waals surface area (Å²) in [5.41, 5.74) is 0. The molecule has 0 amide bonds. The Bertz CT molecular complexity index is 225. The molecule has 0 aromatic carbocycles. The molecule has 0 aromatic rings. The van der Waals surface area contributed by atoms with E-state index in [9.17, 15) is 0 Å². The first-order chi connectivity index (χ1) is 10.5. The van der Waals surface area contributed by atoms with E-state index in [1.165, 1.54) is 51.4 Å². The maximum absolute atomic E-state index is 6.15. The lowest BCUT2D eigenvalue weighted by Gasteiger charge is -2.27. The lowest BCUT2D eigenvalue weighted by molar-refractivity contribution is -0.104. The van der Waals surface area contributed by atoms with Crippen molar-refractivity contribution >= 4 is 0 Å². The zero-order chi connectivity index (χ0) is 14.6. The van der Waals surface area contributed by atoms with Gasteiger partial charge in [-0.05, 0) is 12.8 Å². The van der Waals surface area contributed by atoms with Crippen molar-refractivity contribution < 1.29 is 18.9 Å². The van der Waals surface area contributed by atoms with Gasteiger partial charge in [0.05, 0.1) is 39.1 Å². The van der Waals surface area contributed by atoms with Crippen molar-refractivity contribution in [2.75, 3.05) is 39.6 Å². The minimum absolute atomic E-state index is 0.0645. The van der Waals surface area contributed by atoms with Crippen LogP contribution in [0.15, 0.2) is 0 Å². The summed E-state index contributed by atoms with van der Waals surface area (Å²) in [6.45, 7) is 4.13. The molecule has 4 nitrogen and oxygen atoms in total. The highest BCUT2D eigenvalue weighted by atomic mass is 16.6. The van der Waals surface area contributed by atoms with Gasteiger partial charge in [-0.3, -0.25) is 0 Å². The highest BCUT2D eigenvalue weighted by Crippen LogP contribution is 2.18. The van der Waals surface area contributed by atoms with Gasteiger partial charge in [-0.25, -0.2) is 0 Å². The third kappa shape index (κ3) is 7.59. The van der Waals surface area contributed by atoms with E-state index < -0.39 is 0 Å². The topological polar surface area (TPSA) is 36.9 Å². The van der Waals surface area contributed by atoms with Gasteiger partial charge in [0.15, 0.2) is 0 Å². The molecule has 0 spiro atoms. The van der Waals surface area contributed by atoms with Crippen molar-refractivity contribution in [1.82, 2.24) is 0 Å². The quantitative estimate of drug-likeness (QED) is 0.744. The molecule has 0 aromatic heterocycles. The first kappa shape index (κ1) is 17.2. The summed E-state index contributed by atoms with van der Waals surface area (Å²) in [4.78, 5) is 0. The predicted octanol–water partition coefficient (Wildman–Crippen LogP) is 3.33. The standard InChI is InChI=1S/C17H32O4/c1-2-4-6-8-10-20-16(9-7-5-3-1)17-15-19-12-11-18-13-14-21-17/h16-17H,1-15H2. The Hall–Kier alpha value is -0.160. The summed E-state index contributed by atoms with van der Waals surface area (Å²) >= 11 is 0. The average molecular weight is 300 g/mol. The van der Waals surface area contributed by atoms with E-state index in [0.717, 1.165) is 13.0 Å². The van der Waals surface area contributed by atoms with Crippen LogP contribution in [0.2, 0.25) is 0 Å². The van der Waals surface area contributed by atoms with Gasteiger partial charge in [0.25, 0.3) is 0 Å². The fourth-order valence-corrected chi connectivity index (χ4v) is 3.06. The molecule has 2 saturated heterocycles. The summed E-state index contributed by atoms with van der Waals surface area (Å²) in [5.74, 6) is 0. The molecule has 2 aliphatic rings.